The summed E-state index contributed by atoms with van der Waals surface area (Å²) in [6, 6.07) is 11.0. The van der Waals surface area contributed by atoms with Crippen molar-refractivity contribution >= 4 is 23.6 Å². The lowest BCUT2D eigenvalue weighted by atomic mass is 9.43. The zero-order valence-corrected chi connectivity index (χ0v) is 21.9. The highest BCUT2D eigenvalue weighted by atomic mass is 16.6. The number of hydrogen-bond acceptors (Lipinski definition) is 6. The first-order valence-corrected chi connectivity index (χ1v) is 13.5. The van der Waals surface area contributed by atoms with E-state index in [1.165, 1.54) is 23.1 Å². The number of rotatable bonds is 5. The number of nitrogens with one attached hydrogen (secondary N) is 2. The number of carbonyl (C=O) groups is 3. The number of amides is 3. The van der Waals surface area contributed by atoms with E-state index in [2.05, 4.69) is 42.7 Å². The van der Waals surface area contributed by atoms with Gasteiger partial charge in [0.15, 0.2) is 18.1 Å². The van der Waals surface area contributed by atoms with Crippen LogP contribution in [-0.4, -0.2) is 37.7 Å². The van der Waals surface area contributed by atoms with E-state index in [1.807, 2.05) is 0 Å². The summed E-state index contributed by atoms with van der Waals surface area (Å²) in [6.45, 7) is 4.69. The van der Waals surface area contributed by atoms with Gasteiger partial charge in [-0.3, -0.25) is 14.9 Å². The van der Waals surface area contributed by atoms with Crippen LogP contribution in [0.5, 0.6) is 11.5 Å². The van der Waals surface area contributed by atoms with E-state index in [-0.39, 0.29) is 11.4 Å². The molecule has 2 aromatic carbocycles. The lowest BCUT2D eigenvalue weighted by Gasteiger charge is -2.61. The standard InChI is InChI=1S/C30H34N2O6/c1-18-3-4-22(9-19(18)2)29-12-20-10-21(13-29)15-30(14-20,17-29)27(34)38-16-26(33)32-28(35)31-23-5-6-24-25(11-23)37-8-7-36-24/h3-6,9,11,20-21H,7-8,10,12-17H2,1-2H3,(H2,31,32,33,35). The number of aryl methyl sites for hydroxylation is 2. The summed E-state index contributed by atoms with van der Waals surface area (Å²) in [4.78, 5) is 38.3. The molecule has 200 valence electrons. The van der Waals surface area contributed by atoms with Crippen LogP contribution in [-0.2, 0) is 19.7 Å². The summed E-state index contributed by atoms with van der Waals surface area (Å²) in [7, 11) is 0. The summed E-state index contributed by atoms with van der Waals surface area (Å²) in [5, 5.41) is 4.85. The fraction of sp³-hybridized carbons (Fsp3) is 0.500. The molecule has 1 aliphatic heterocycles. The first kappa shape index (κ1) is 24.8. The molecule has 4 fully saturated rings. The molecule has 4 bridgehead atoms. The molecule has 2 aromatic rings. The molecule has 0 spiro atoms. The van der Waals surface area contributed by atoms with E-state index in [9.17, 15) is 14.4 Å². The Bertz CT molecular complexity index is 1290. The lowest BCUT2D eigenvalue weighted by molar-refractivity contribution is -0.175. The Hall–Kier alpha value is -3.55. The minimum absolute atomic E-state index is 0.00661. The van der Waals surface area contributed by atoms with Gasteiger partial charge in [0.2, 0.25) is 0 Å². The predicted octanol–water partition coefficient (Wildman–Crippen LogP) is 4.80. The van der Waals surface area contributed by atoms with Crippen LogP contribution >= 0.6 is 0 Å². The van der Waals surface area contributed by atoms with Gasteiger partial charge in [0.25, 0.3) is 5.91 Å². The first-order chi connectivity index (χ1) is 18.2. The van der Waals surface area contributed by atoms with E-state index < -0.39 is 24.0 Å². The van der Waals surface area contributed by atoms with Crippen molar-refractivity contribution in [3.05, 3.63) is 53.1 Å². The molecule has 4 aliphatic carbocycles. The Balaban J connectivity index is 1.08. The molecular weight excluding hydrogens is 484 g/mol. The van der Waals surface area contributed by atoms with Gasteiger partial charge in [0.1, 0.15) is 13.2 Å². The number of urea groups is 1. The second-order valence-corrected chi connectivity index (χ2v) is 11.8. The zero-order valence-electron chi connectivity index (χ0n) is 21.9. The molecule has 1 heterocycles. The van der Waals surface area contributed by atoms with Crippen LogP contribution in [0.4, 0.5) is 10.5 Å². The van der Waals surface area contributed by atoms with Crippen LogP contribution in [0, 0.1) is 31.1 Å². The lowest BCUT2D eigenvalue weighted by Crippen LogP contribution is -2.57. The number of benzene rings is 2. The average molecular weight is 519 g/mol. The maximum atomic E-state index is 13.5. The summed E-state index contributed by atoms with van der Waals surface area (Å²) in [5.74, 6) is 1.16. The van der Waals surface area contributed by atoms with E-state index in [0.717, 1.165) is 32.1 Å². The smallest absolute Gasteiger partial charge is 0.325 e. The number of carbonyl (C=O) groups excluding carboxylic acids is 3. The van der Waals surface area contributed by atoms with Gasteiger partial charge in [-0.25, -0.2) is 4.79 Å². The van der Waals surface area contributed by atoms with Gasteiger partial charge < -0.3 is 19.5 Å². The van der Waals surface area contributed by atoms with Crippen molar-refractivity contribution in [2.75, 3.05) is 25.1 Å². The van der Waals surface area contributed by atoms with Crippen molar-refractivity contribution in [3.8, 4) is 11.5 Å². The quantitative estimate of drug-likeness (QED) is 0.551. The zero-order chi connectivity index (χ0) is 26.5. The van der Waals surface area contributed by atoms with Crippen LogP contribution in [0.2, 0.25) is 0 Å². The van der Waals surface area contributed by atoms with Crippen LogP contribution < -0.4 is 20.1 Å². The molecule has 0 saturated heterocycles. The molecular formula is C30H34N2O6. The van der Waals surface area contributed by atoms with Gasteiger partial charge >= 0.3 is 12.0 Å². The van der Waals surface area contributed by atoms with Crippen molar-refractivity contribution in [3.63, 3.8) is 0 Å². The second kappa shape index (κ2) is 9.33. The average Bonchev–Trinajstić information content (AvgIpc) is 2.88. The minimum atomic E-state index is -0.703. The molecule has 7 rings (SSSR count). The largest absolute Gasteiger partial charge is 0.486 e. The SMILES string of the molecule is Cc1ccc(C23CC4CC(CC(C(=O)OCC(=O)NC(=O)Nc5ccc6c(c5)OCCO6)(C4)C2)C3)cc1C. The van der Waals surface area contributed by atoms with Crippen LogP contribution in [0.3, 0.4) is 0 Å². The second-order valence-electron chi connectivity index (χ2n) is 11.8. The van der Waals surface area contributed by atoms with Gasteiger partial charge in [-0.1, -0.05) is 18.2 Å². The first-order valence-electron chi connectivity index (χ1n) is 13.5. The number of esters is 1. The minimum Gasteiger partial charge on any atom is -0.486 e. The molecule has 0 aromatic heterocycles. The number of anilines is 1. The Kier molecular flexibility index (Phi) is 6.08. The number of fused-ring (bicyclic) bond motifs is 1. The molecule has 2 unspecified atom stereocenters. The molecule has 5 aliphatic rings. The fourth-order valence-corrected chi connectivity index (χ4v) is 7.64. The van der Waals surface area contributed by atoms with Gasteiger partial charge in [-0.15, -0.1) is 0 Å². The molecule has 2 N–H and O–H groups in total. The third-order valence-corrected chi connectivity index (χ3v) is 9.00. The predicted molar refractivity (Wildman–Crippen MR) is 140 cm³/mol. The van der Waals surface area contributed by atoms with Crippen molar-refractivity contribution in [1.82, 2.24) is 5.32 Å². The van der Waals surface area contributed by atoms with E-state index in [0.29, 0.717) is 42.2 Å². The van der Waals surface area contributed by atoms with Crippen LogP contribution in [0.15, 0.2) is 36.4 Å². The Morgan fingerprint density at radius 1 is 0.921 bits per heavy atom. The Morgan fingerprint density at radius 2 is 1.66 bits per heavy atom. The highest BCUT2D eigenvalue weighted by Crippen LogP contribution is 2.66. The fourth-order valence-electron chi connectivity index (χ4n) is 7.64. The number of imide groups is 1. The van der Waals surface area contributed by atoms with Gasteiger partial charge in [0, 0.05) is 11.8 Å². The third kappa shape index (κ3) is 4.50. The molecule has 4 saturated carbocycles. The van der Waals surface area contributed by atoms with Crippen molar-refractivity contribution < 1.29 is 28.6 Å². The number of hydrogen-bond donors (Lipinski definition) is 2. The molecule has 8 heteroatoms. The van der Waals surface area contributed by atoms with Gasteiger partial charge in [-0.2, -0.15) is 0 Å². The highest BCUT2D eigenvalue weighted by Gasteiger charge is 2.61. The normalized spacial score (nSPS) is 28.5. The monoisotopic (exact) mass is 518 g/mol. The maximum absolute atomic E-state index is 13.5. The summed E-state index contributed by atoms with van der Waals surface area (Å²) in [6.07, 6.45) is 5.80. The van der Waals surface area contributed by atoms with Crippen molar-refractivity contribution in [2.24, 2.45) is 17.3 Å². The third-order valence-electron chi connectivity index (χ3n) is 9.00. The summed E-state index contributed by atoms with van der Waals surface area (Å²) in [5.41, 5.74) is 3.78. The van der Waals surface area contributed by atoms with Crippen LogP contribution in [0.1, 0.15) is 55.2 Å². The van der Waals surface area contributed by atoms with Crippen molar-refractivity contribution in [1.29, 1.82) is 0 Å². The highest BCUT2D eigenvalue weighted by molar-refractivity contribution is 6.02. The summed E-state index contributed by atoms with van der Waals surface area (Å²) >= 11 is 0. The van der Waals surface area contributed by atoms with Crippen LogP contribution in [0.25, 0.3) is 0 Å². The topological polar surface area (TPSA) is 103 Å². The summed E-state index contributed by atoms with van der Waals surface area (Å²) < 4.78 is 16.6. The molecule has 8 nitrogen and oxygen atoms in total. The molecule has 3 amide bonds. The molecule has 38 heavy (non-hydrogen) atoms. The van der Waals surface area contributed by atoms with E-state index in [1.54, 1.807) is 18.2 Å². The molecule has 2 atom stereocenters. The number of ether oxygens (including phenoxy) is 3. The Labute approximate surface area is 222 Å². The van der Waals surface area contributed by atoms with Gasteiger partial charge in [0.05, 0.1) is 5.41 Å². The van der Waals surface area contributed by atoms with E-state index >= 15 is 0 Å². The van der Waals surface area contributed by atoms with E-state index in [4.69, 9.17) is 14.2 Å². The molecule has 0 radical (unpaired) electrons. The maximum Gasteiger partial charge on any atom is 0.325 e. The Morgan fingerprint density at radius 3 is 2.39 bits per heavy atom. The van der Waals surface area contributed by atoms with Gasteiger partial charge in [-0.05, 0) is 98.4 Å². The van der Waals surface area contributed by atoms with Crippen molar-refractivity contribution in [2.45, 2.75) is 57.8 Å².